The molecule has 0 saturated heterocycles. The van der Waals surface area contributed by atoms with Gasteiger partial charge in [0, 0.05) is 18.3 Å². The van der Waals surface area contributed by atoms with Crippen LogP contribution in [0.2, 0.25) is 0 Å². The Morgan fingerprint density at radius 2 is 1.40 bits per heavy atom. The summed E-state index contributed by atoms with van der Waals surface area (Å²) in [6.45, 7) is 2.03. The second-order valence-corrected chi connectivity index (χ2v) is 4.91. The van der Waals surface area contributed by atoms with E-state index >= 15 is 0 Å². The second kappa shape index (κ2) is 4.85. The summed E-state index contributed by atoms with van der Waals surface area (Å²) in [5, 5.41) is 0. The predicted octanol–water partition coefficient (Wildman–Crippen LogP) is 3.64. The molecule has 1 heterocycles. The minimum absolute atomic E-state index is 0.546. The molecule has 0 unspecified atom stereocenters. The number of nitrogen functional groups attached to an aromatic ring is 1. The van der Waals surface area contributed by atoms with E-state index < -0.39 is 0 Å². The summed E-state index contributed by atoms with van der Waals surface area (Å²) in [6.07, 6.45) is 0. The van der Waals surface area contributed by atoms with Crippen molar-refractivity contribution < 1.29 is 0 Å². The van der Waals surface area contributed by atoms with Crippen LogP contribution in [0, 0.1) is 6.92 Å². The highest BCUT2D eigenvalue weighted by molar-refractivity contribution is 5.70. The summed E-state index contributed by atoms with van der Waals surface area (Å²) in [5.74, 6) is 0.546. The van der Waals surface area contributed by atoms with Gasteiger partial charge in [-0.1, -0.05) is 54.6 Å². The fraction of sp³-hybridized carbons (Fsp3) is 0.118. The van der Waals surface area contributed by atoms with Crippen molar-refractivity contribution in [2.24, 2.45) is 7.05 Å². The molecule has 0 aliphatic carbocycles. The minimum Gasteiger partial charge on any atom is -0.369 e. The van der Waals surface area contributed by atoms with Crippen molar-refractivity contribution in [2.75, 3.05) is 5.73 Å². The van der Waals surface area contributed by atoms with Crippen molar-refractivity contribution >= 4 is 5.95 Å². The van der Waals surface area contributed by atoms with Gasteiger partial charge in [0.1, 0.15) is 0 Å². The van der Waals surface area contributed by atoms with Gasteiger partial charge in [0.2, 0.25) is 5.95 Å². The van der Waals surface area contributed by atoms with Crippen LogP contribution in [0.1, 0.15) is 5.69 Å². The maximum absolute atomic E-state index is 5.85. The van der Waals surface area contributed by atoms with E-state index in [1.54, 1.807) is 0 Å². The molecule has 0 amide bonds. The van der Waals surface area contributed by atoms with Crippen LogP contribution in [0.3, 0.4) is 0 Å². The van der Waals surface area contributed by atoms with E-state index in [2.05, 4.69) is 41.4 Å². The van der Waals surface area contributed by atoms with Gasteiger partial charge < -0.3 is 10.3 Å². The Balaban J connectivity index is 1.99. The highest BCUT2D eigenvalue weighted by Gasteiger charge is 2.10. The number of hydrogen-bond donors (Lipinski definition) is 1. The van der Waals surface area contributed by atoms with E-state index in [0.717, 1.165) is 17.0 Å². The van der Waals surface area contributed by atoms with Gasteiger partial charge in [-0.15, -0.1) is 0 Å². The average Bonchev–Trinajstić information content (AvgIpc) is 2.76. The zero-order chi connectivity index (χ0) is 14.1. The number of nitrogens with zero attached hydrogens (tertiary/aromatic N) is 2. The first-order valence-electron chi connectivity index (χ1n) is 6.61. The van der Waals surface area contributed by atoms with Crippen LogP contribution in [0.5, 0.6) is 0 Å². The first-order valence-corrected chi connectivity index (χ1v) is 6.61. The van der Waals surface area contributed by atoms with Crippen molar-refractivity contribution in [3.63, 3.8) is 0 Å². The van der Waals surface area contributed by atoms with Crippen molar-refractivity contribution in [3.8, 4) is 22.4 Å². The normalized spacial score (nSPS) is 10.7. The van der Waals surface area contributed by atoms with E-state index in [1.807, 2.05) is 36.7 Å². The molecule has 2 aromatic carbocycles. The fourth-order valence-electron chi connectivity index (χ4n) is 2.33. The molecule has 0 saturated carbocycles. The molecule has 0 spiro atoms. The first-order chi connectivity index (χ1) is 9.66. The monoisotopic (exact) mass is 263 g/mol. The van der Waals surface area contributed by atoms with Gasteiger partial charge in [0.05, 0.1) is 5.69 Å². The first kappa shape index (κ1) is 12.5. The largest absolute Gasteiger partial charge is 0.369 e. The highest BCUT2D eigenvalue weighted by Crippen LogP contribution is 2.27. The van der Waals surface area contributed by atoms with Gasteiger partial charge >= 0.3 is 0 Å². The molecule has 1 aromatic heterocycles. The predicted molar refractivity (Wildman–Crippen MR) is 83.2 cm³/mol. The molecule has 3 heteroatoms. The fourth-order valence-corrected chi connectivity index (χ4v) is 2.33. The average molecular weight is 263 g/mol. The van der Waals surface area contributed by atoms with Crippen LogP contribution in [-0.4, -0.2) is 9.55 Å². The molecule has 0 atom stereocenters. The van der Waals surface area contributed by atoms with Crippen molar-refractivity contribution in [1.29, 1.82) is 0 Å². The van der Waals surface area contributed by atoms with E-state index in [1.165, 1.54) is 11.1 Å². The summed E-state index contributed by atoms with van der Waals surface area (Å²) < 4.78 is 1.90. The van der Waals surface area contributed by atoms with Crippen molar-refractivity contribution in [1.82, 2.24) is 9.55 Å². The van der Waals surface area contributed by atoms with E-state index in [0.29, 0.717) is 5.95 Å². The van der Waals surface area contributed by atoms with Gasteiger partial charge in [-0.05, 0) is 18.1 Å². The number of nitrogens with two attached hydrogens (primary N) is 1. The molecule has 0 radical (unpaired) electrons. The molecule has 3 aromatic rings. The van der Waals surface area contributed by atoms with E-state index in [-0.39, 0.29) is 0 Å². The van der Waals surface area contributed by atoms with Gasteiger partial charge in [-0.25, -0.2) is 4.98 Å². The Morgan fingerprint density at radius 1 is 0.850 bits per heavy atom. The molecular formula is C17H17N3. The third kappa shape index (κ3) is 2.07. The molecular weight excluding hydrogens is 246 g/mol. The Morgan fingerprint density at radius 3 is 1.95 bits per heavy atom. The molecule has 3 nitrogen and oxygen atoms in total. The maximum atomic E-state index is 5.85. The maximum Gasteiger partial charge on any atom is 0.200 e. The third-order valence-electron chi connectivity index (χ3n) is 3.68. The summed E-state index contributed by atoms with van der Waals surface area (Å²) >= 11 is 0. The third-order valence-corrected chi connectivity index (χ3v) is 3.68. The molecule has 0 fully saturated rings. The van der Waals surface area contributed by atoms with Gasteiger partial charge in [-0.3, -0.25) is 0 Å². The quantitative estimate of drug-likeness (QED) is 0.767. The highest BCUT2D eigenvalue weighted by atomic mass is 15.1. The Bertz CT molecular complexity index is 725. The van der Waals surface area contributed by atoms with Gasteiger partial charge in [-0.2, -0.15) is 0 Å². The molecule has 3 rings (SSSR count). The molecule has 0 aliphatic heterocycles. The van der Waals surface area contributed by atoms with Crippen LogP contribution in [0.4, 0.5) is 5.95 Å². The number of imidazole rings is 1. The van der Waals surface area contributed by atoms with Crippen LogP contribution in [0.15, 0.2) is 54.6 Å². The zero-order valence-corrected chi connectivity index (χ0v) is 11.7. The van der Waals surface area contributed by atoms with Crippen LogP contribution < -0.4 is 5.73 Å². The second-order valence-electron chi connectivity index (χ2n) is 4.91. The molecule has 2 N–H and O–H groups in total. The molecule has 0 aliphatic rings. The van der Waals surface area contributed by atoms with Crippen molar-refractivity contribution in [2.45, 2.75) is 6.92 Å². The minimum atomic E-state index is 0.546. The zero-order valence-electron chi connectivity index (χ0n) is 11.7. The number of rotatable bonds is 2. The summed E-state index contributed by atoms with van der Waals surface area (Å²) in [5.41, 5.74) is 11.4. The van der Waals surface area contributed by atoms with Crippen LogP contribution in [0.25, 0.3) is 22.4 Å². The van der Waals surface area contributed by atoms with Crippen LogP contribution in [-0.2, 0) is 7.05 Å². The topological polar surface area (TPSA) is 43.8 Å². The van der Waals surface area contributed by atoms with E-state index in [9.17, 15) is 0 Å². The Kier molecular flexibility index (Phi) is 3.03. The van der Waals surface area contributed by atoms with Crippen LogP contribution >= 0.6 is 0 Å². The molecule has 0 bridgehead atoms. The number of aromatic nitrogens is 2. The molecule has 20 heavy (non-hydrogen) atoms. The Hall–Kier alpha value is -2.55. The summed E-state index contributed by atoms with van der Waals surface area (Å²) in [4.78, 5) is 4.42. The van der Waals surface area contributed by atoms with Crippen molar-refractivity contribution in [3.05, 3.63) is 60.3 Å². The summed E-state index contributed by atoms with van der Waals surface area (Å²) in [7, 11) is 1.93. The lowest BCUT2D eigenvalue weighted by molar-refractivity contribution is 0.889. The van der Waals surface area contributed by atoms with Gasteiger partial charge in [0.25, 0.3) is 0 Å². The summed E-state index contributed by atoms with van der Waals surface area (Å²) in [6, 6.07) is 18.8. The lowest BCUT2D eigenvalue weighted by Crippen LogP contribution is -1.97. The standard InChI is InChI=1S/C17H17N3/c1-12-16(19-17(18)20(12)2)15-10-8-14(9-11-15)13-6-4-3-5-7-13/h3-11H,1-2H3,(H2,18,19). The SMILES string of the molecule is Cc1c(-c2ccc(-c3ccccc3)cc2)nc(N)n1C. The van der Waals surface area contributed by atoms with E-state index in [4.69, 9.17) is 5.73 Å². The molecule has 100 valence electrons. The van der Waals surface area contributed by atoms with Gasteiger partial charge in [0.15, 0.2) is 0 Å². The lowest BCUT2D eigenvalue weighted by Gasteiger charge is -2.04. The number of hydrogen-bond acceptors (Lipinski definition) is 2. The number of benzene rings is 2. The lowest BCUT2D eigenvalue weighted by atomic mass is 10.0. The number of anilines is 1. The smallest absolute Gasteiger partial charge is 0.200 e. The Labute approximate surface area is 118 Å².